The van der Waals surface area contributed by atoms with Crippen molar-refractivity contribution in [1.82, 2.24) is 10.2 Å². The van der Waals surface area contributed by atoms with Crippen LogP contribution in [0.25, 0.3) is 11.1 Å². The minimum absolute atomic E-state index is 0.204. The molecular weight excluding hydrogens is 602 g/mol. The van der Waals surface area contributed by atoms with Gasteiger partial charge in [0.05, 0.1) is 28.9 Å². The van der Waals surface area contributed by atoms with E-state index in [2.05, 4.69) is 49.2 Å². The van der Waals surface area contributed by atoms with Gasteiger partial charge in [-0.1, -0.05) is 35.9 Å². The number of allylic oxidation sites excluding steroid dienone is 2. The van der Waals surface area contributed by atoms with E-state index in [4.69, 9.17) is 25.8 Å². The van der Waals surface area contributed by atoms with Gasteiger partial charge in [-0.3, -0.25) is 4.79 Å². The summed E-state index contributed by atoms with van der Waals surface area (Å²) in [5.41, 5.74) is 8.31. The molecule has 2 N–H and O–H groups in total. The first kappa shape index (κ1) is 33.1. The maximum Gasteiger partial charge on any atom is 0.153 e. The zero-order valence-corrected chi connectivity index (χ0v) is 27.3. The number of aldehydes is 1. The Balaban J connectivity index is 1.28. The minimum atomic E-state index is -0.204. The normalized spacial score (nSPS) is 16.2. The van der Waals surface area contributed by atoms with E-state index in [9.17, 15) is 15.2 Å². The Kier molecular flexibility index (Phi) is 11.0. The van der Waals surface area contributed by atoms with Gasteiger partial charge in [0.15, 0.2) is 6.29 Å². The van der Waals surface area contributed by atoms with Gasteiger partial charge in [-0.05, 0) is 90.8 Å². The molecule has 46 heavy (non-hydrogen) atoms. The van der Waals surface area contributed by atoms with Crippen molar-refractivity contribution in [3.05, 3.63) is 98.7 Å². The second kappa shape index (κ2) is 15.3. The van der Waals surface area contributed by atoms with Crippen molar-refractivity contribution >= 4 is 17.9 Å². The molecule has 9 heteroatoms. The number of β-amino-alcohol motifs (C(OH)–C–C–N with tert-alkyl or cyclic N) is 1. The molecule has 0 aromatic heterocycles. The van der Waals surface area contributed by atoms with Gasteiger partial charge in [0.1, 0.15) is 36.5 Å². The number of benzene rings is 3. The number of nitrogens with zero attached hydrogens (tertiary/aromatic N) is 2. The van der Waals surface area contributed by atoms with Crippen molar-refractivity contribution in [2.24, 2.45) is 0 Å². The maximum absolute atomic E-state index is 11.8. The van der Waals surface area contributed by atoms with Crippen molar-refractivity contribution in [2.45, 2.75) is 46.3 Å². The number of carbonyl (C=O) groups is 1. The van der Waals surface area contributed by atoms with Crippen LogP contribution in [0.2, 0.25) is 5.02 Å². The zero-order chi connectivity index (χ0) is 32.6. The van der Waals surface area contributed by atoms with Crippen LogP contribution in [0.3, 0.4) is 0 Å². The number of hydrogen-bond donors (Lipinski definition) is 2. The molecule has 0 spiro atoms. The summed E-state index contributed by atoms with van der Waals surface area (Å²) in [5.74, 6) is 1.64. The van der Waals surface area contributed by atoms with E-state index in [-0.39, 0.29) is 19.3 Å². The monoisotopic (exact) mass is 641 g/mol. The number of nitriles is 1. The molecule has 3 aromatic rings. The summed E-state index contributed by atoms with van der Waals surface area (Å²) in [7, 11) is 0. The van der Waals surface area contributed by atoms with Crippen molar-refractivity contribution in [3.63, 3.8) is 0 Å². The number of aryl methyl sites for hydroxylation is 1. The highest BCUT2D eigenvalue weighted by atomic mass is 35.5. The molecule has 2 aliphatic rings. The lowest BCUT2D eigenvalue weighted by atomic mass is 9.90. The Hall–Kier alpha value is -4.29. The third-order valence-corrected chi connectivity index (χ3v) is 8.82. The molecule has 2 heterocycles. The minimum Gasteiger partial charge on any atom is -0.493 e. The average Bonchev–Trinajstić information content (AvgIpc) is 3.48. The molecule has 1 saturated heterocycles. The molecule has 0 bridgehead atoms. The first-order valence-electron chi connectivity index (χ1n) is 15.6. The van der Waals surface area contributed by atoms with E-state index in [1.165, 1.54) is 0 Å². The molecule has 240 valence electrons. The predicted octanol–water partition coefficient (Wildman–Crippen LogP) is 6.48. The van der Waals surface area contributed by atoms with Crippen LogP contribution in [0, 0.1) is 32.1 Å². The summed E-state index contributed by atoms with van der Waals surface area (Å²) in [4.78, 5) is 14.1. The lowest BCUT2D eigenvalue weighted by Crippen LogP contribution is -2.24. The molecule has 0 radical (unpaired) electrons. The number of hydrogen-bond acceptors (Lipinski definition) is 8. The standard InChI is InChI=1S/C37H40ClN3O5/c1-24-8-9-34(44-13-5-11-41-12-10-31(43)20-41)26(3)37(24)32-7-4-6-29(25(32)2)23-46-36-16-35(30(21-42)15-33(36)38)45-22-28-14-27(17-39)18-40-19-28/h4,6-9,14-16,18,21,31,40,43H,5,10-13,19-20,22-23H2,1-3H3/t31-/m1/s1. The Labute approximate surface area is 275 Å². The van der Waals surface area contributed by atoms with Crippen LogP contribution in [-0.4, -0.2) is 61.8 Å². The molecule has 8 nitrogen and oxygen atoms in total. The van der Waals surface area contributed by atoms with E-state index in [1.807, 2.05) is 18.2 Å². The molecule has 0 saturated carbocycles. The molecule has 2 aliphatic heterocycles. The van der Waals surface area contributed by atoms with Gasteiger partial charge in [0, 0.05) is 38.4 Å². The van der Waals surface area contributed by atoms with Crippen molar-refractivity contribution < 1.29 is 24.1 Å². The predicted molar refractivity (Wildman–Crippen MR) is 180 cm³/mol. The summed E-state index contributed by atoms with van der Waals surface area (Å²) in [5, 5.41) is 22.3. The van der Waals surface area contributed by atoms with Crippen LogP contribution in [0.15, 0.2) is 65.9 Å². The lowest BCUT2D eigenvalue weighted by Gasteiger charge is -2.20. The fourth-order valence-corrected chi connectivity index (χ4v) is 6.19. The van der Waals surface area contributed by atoms with Crippen LogP contribution in [-0.2, 0) is 6.61 Å². The Morgan fingerprint density at radius 2 is 1.89 bits per heavy atom. The molecule has 1 atom stereocenters. The summed E-state index contributed by atoms with van der Waals surface area (Å²) >= 11 is 6.52. The Bertz CT molecular complexity index is 1690. The van der Waals surface area contributed by atoms with Crippen LogP contribution < -0.4 is 19.5 Å². The zero-order valence-electron chi connectivity index (χ0n) is 26.6. The number of ether oxygens (including phenoxy) is 3. The van der Waals surface area contributed by atoms with E-state index in [0.29, 0.717) is 47.1 Å². The van der Waals surface area contributed by atoms with E-state index >= 15 is 0 Å². The Morgan fingerprint density at radius 3 is 2.65 bits per heavy atom. The lowest BCUT2D eigenvalue weighted by molar-refractivity contribution is 0.111. The summed E-state index contributed by atoms with van der Waals surface area (Å²) < 4.78 is 18.4. The van der Waals surface area contributed by atoms with E-state index in [0.717, 1.165) is 77.2 Å². The average molecular weight is 642 g/mol. The maximum atomic E-state index is 11.8. The highest BCUT2D eigenvalue weighted by molar-refractivity contribution is 6.32. The van der Waals surface area contributed by atoms with Crippen molar-refractivity contribution in [3.8, 4) is 34.4 Å². The fraction of sp³-hybridized carbons (Fsp3) is 0.351. The number of carbonyl (C=O) groups excluding carboxylic acids is 1. The summed E-state index contributed by atoms with van der Waals surface area (Å²) in [6, 6.07) is 15.6. The molecule has 5 rings (SSSR count). The quantitative estimate of drug-likeness (QED) is 0.162. The Morgan fingerprint density at radius 1 is 1.07 bits per heavy atom. The summed E-state index contributed by atoms with van der Waals surface area (Å²) in [6.07, 6.45) is 5.68. The largest absolute Gasteiger partial charge is 0.493 e. The number of likely N-dealkylation sites (tertiary alicyclic amines) is 1. The van der Waals surface area contributed by atoms with Gasteiger partial charge in [-0.25, -0.2) is 0 Å². The highest BCUT2D eigenvalue weighted by Crippen LogP contribution is 2.37. The molecule has 3 aromatic carbocycles. The van der Waals surface area contributed by atoms with Gasteiger partial charge in [0.25, 0.3) is 0 Å². The van der Waals surface area contributed by atoms with E-state index in [1.54, 1.807) is 24.4 Å². The van der Waals surface area contributed by atoms with Gasteiger partial charge >= 0.3 is 0 Å². The number of nitrogens with one attached hydrogen (secondary N) is 1. The smallest absolute Gasteiger partial charge is 0.153 e. The molecule has 0 unspecified atom stereocenters. The third-order valence-electron chi connectivity index (χ3n) is 8.53. The number of aliphatic hydroxyl groups is 1. The first-order valence-corrected chi connectivity index (χ1v) is 15.9. The number of aliphatic hydroxyl groups excluding tert-OH is 1. The van der Waals surface area contributed by atoms with Crippen LogP contribution in [0.5, 0.6) is 17.2 Å². The second-order valence-electron chi connectivity index (χ2n) is 11.8. The number of halogens is 1. The number of rotatable bonds is 13. The number of dihydropyridines is 1. The topological polar surface area (TPSA) is 104 Å². The molecular formula is C37H40ClN3O5. The van der Waals surface area contributed by atoms with Gasteiger partial charge in [-0.2, -0.15) is 5.26 Å². The van der Waals surface area contributed by atoms with Gasteiger partial charge in [-0.15, -0.1) is 0 Å². The molecule has 0 amide bonds. The van der Waals surface area contributed by atoms with Crippen molar-refractivity contribution in [1.29, 1.82) is 5.26 Å². The molecule has 0 aliphatic carbocycles. The molecule has 1 fully saturated rings. The van der Waals surface area contributed by atoms with Crippen LogP contribution in [0.1, 0.15) is 45.5 Å². The van der Waals surface area contributed by atoms with Crippen LogP contribution in [0.4, 0.5) is 0 Å². The first-order chi connectivity index (χ1) is 22.3. The second-order valence-corrected chi connectivity index (χ2v) is 12.2. The SMILES string of the molecule is Cc1ccc(OCCCN2CC[C@@H](O)C2)c(C)c1-c1cccc(COc2cc(OCC3=CC(C#N)=CNC3)c(C=O)cc2Cl)c1C. The highest BCUT2D eigenvalue weighted by Gasteiger charge is 2.20. The summed E-state index contributed by atoms with van der Waals surface area (Å²) in [6.45, 7) is 10.6. The third kappa shape index (κ3) is 7.91. The van der Waals surface area contributed by atoms with Gasteiger partial charge < -0.3 is 29.5 Å². The van der Waals surface area contributed by atoms with Gasteiger partial charge in [0.2, 0.25) is 0 Å². The van der Waals surface area contributed by atoms with Crippen molar-refractivity contribution in [2.75, 3.05) is 39.4 Å². The van der Waals surface area contributed by atoms with E-state index < -0.39 is 0 Å². The fourth-order valence-electron chi connectivity index (χ4n) is 5.96. The van der Waals surface area contributed by atoms with Crippen LogP contribution >= 0.6 is 11.6 Å².